The minimum absolute atomic E-state index is 0.204. The molecule has 1 fully saturated rings. The van der Waals surface area contributed by atoms with Gasteiger partial charge in [-0.3, -0.25) is 4.90 Å². The highest BCUT2D eigenvalue weighted by Gasteiger charge is 2.37. The van der Waals surface area contributed by atoms with E-state index >= 15 is 0 Å². The fourth-order valence-electron chi connectivity index (χ4n) is 3.98. The highest BCUT2D eigenvalue weighted by atomic mass is 15.1. The Kier molecular flexibility index (Phi) is 5.20. The smallest absolute Gasteiger partial charge is 0.0455 e. The van der Waals surface area contributed by atoms with Crippen molar-refractivity contribution in [3.8, 4) is 0 Å². The van der Waals surface area contributed by atoms with Crippen molar-refractivity contribution >= 4 is 6.08 Å². The molecule has 0 N–H and O–H groups in total. The van der Waals surface area contributed by atoms with Gasteiger partial charge in [-0.25, -0.2) is 0 Å². The van der Waals surface area contributed by atoms with Crippen LogP contribution in [0.4, 0.5) is 0 Å². The lowest BCUT2D eigenvalue weighted by atomic mass is 9.72. The van der Waals surface area contributed by atoms with Gasteiger partial charge in [-0.2, -0.15) is 0 Å². The lowest BCUT2D eigenvalue weighted by Gasteiger charge is -2.45. The van der Waals surface area contributed by atoms with Crippen LogP contribution in [0.1, 0.15) is 42.4 Å². The van der Waals surface area contributed by atoms with E-state index in [9.17, 15) is 0 Å². The Morgan fingerprint density at radius 1 is 0.917 bits per heavy atom. The average molecular weight is 319 g/mol. The Morgan fingerprint density at radius 3 is 2.12 bits per heavy atom. The molecule has 1 nitrogen and oxygen atoms in total. The van der Waals surface area contributed by atoms with E-state index in [-0.39, 0.29) is 5.54 Å². The van der Waals surface area contributed by atoms with Crippen molar-refractivity contribution in [3.63, 3.8) is 0 Å². The van der Waals surface area contributed by atoms with E-state index in [1.165, 1.54) is 42.4 Å². The summed E-state index contributed by atoms with van der Waals surface area (Å²) in [5.74, 6) is 0.697. The number of aryl methyl sites for hydroxylation is 1. The van der Waals surface area contributed by atoms with Crippen LogP contribution in [-0.4, -0.2) is 19.0 Å². The van der Waals surface area contributed by atoms with Gasteiger partial charge < -0.3 is 0 Å². The standard InChI is InChI=1S/C23H29N/c1-19-9-11-20(12-10-19)13-14-21-15-17-23(18-16-21,24(2)3)22-7-5-4-6-8-22/h4-14,21H,15-18H2,1-3H3/b14-13+. The Hall–Kier alpha value is -1.86. The summed E-state index contributed by atoms with van der Waals surface area (Å²) in [6, 6.07) is 19.8. The first kappa shape index (κ1) is 17.0. The second-order valence-electron chi connectivity index (χ2n) is 7.40. The number of hydrogen-bond donors (Lipinski definition) is 0. The van der Waals surface area contributed by atoms with Crippen LogP contribution in [-0.2, 0) is 5.54 Å². The third kappa shape index (κ3) is 3.62. The van der Waals surface area contributed by atoms with Crippen LogP contribution in [0.2, 0.25) is 0 Å². The Morgan fingerprint density at radius 2 is 1.54 bits per heavy atom. The molecule has 0 aliphatic heterocycles. The maximum Gasteiger partial charge on any atom is 0.0455 e. The number of hydrogen-bond acceptors (Lipinski definition) is 1. The predicted octanol–water partition coefficient (Wildman–Crippen LogP) is 5.66. The molecule has 126 valence electrons. The minimum atomic E-state index is 0.204. The Balaban J connectivity index is 1.68. The molecule has 24 heavy (non-hydrogen) atoms. The van der Waals surface area contributed by atoms with Gasteiger partial charge in [0, 0.05) is 5.54 Å². The number of allylic oxidation sites excluding steroid dienone is 1. The van der Waals surface area contributed by atoms with Gasteiger partial charge in [0.15, 0.2) is 0 Å². The molecule has 0 heterocycles. The maximum atomic E-state index is 2.43. The van der Waals surface area contributed by atoms with Gasteiger partial charge in [-0.1, -0.05) is 72.3 Å². The Bertz CT molecular complexity index is 659. The van der Waals surface area contributed by atoms with Crippen molar-refractivity contribution in [1.29, 1.82) is 0 Å². The van der Waals surface area contributed by atoms with Crippen molar-refractivity contribution in [2.75, 3.05) is 14.1 Å². The highest BCUT2D eigenvalue weighted by molar-refractivity contribution is 5.50. The monoisotopic (exact) mass is 319 g/mol. The maximum absolute atomic E-state index is 2.43. The SMILES string of the molecule is Cc1ccc(/C=C/C2CCC(c3ccccc3)(N(C)C)CC2)cc1. The second-order valence-corrected chi connectivity index (χ2v) is 7.40. The third-order valence-electron chi connectivity index (χ3n) is 5.66. The summed E-state index contributed by atoms with van der Waals surface area (Å²) in [7, 11) is 4.46. The summed E-state index contributed by atoms with van der Waals surface area (Å²) in [6.07, 6.45) is 9.70. The zero-order chi connectivity index (χ0) is 17.0. The third-order valence-corrected chi connectivity index (χ3v) is 5.66. The number of nitrogens with zero attached hydrogens (tertiary/aromatic N) is 1. The molecule has 0 atom stereocenters. The van der Waals surface area contributed by atoms with E-state index in [1.807, 2.05) is 0 Å². The van der Waals surface area contributed by atoms with Gasteiger partial charge in [0.05, 0.1) is 0 Å². The van der Waals surface area contributed by atoms with Gasteiger partial charge in [0.2, 0.25) is 0 Å². The van der Waals surface area contributed by atoms with E-state index in [0.29, 0.717) is 5.92 Å². The van der Waals surface area contributed by atoms with Gasteiger partial charge in [0.25, 0.3) is 0 Å². The molecule has 0 bridgehead atoms. The van der Waals surface area contributed by atoms with E-state index in [4.69, 9.17) is 0 Å². The van der Waals surface area contributed by atoms with Crippen LogP contribution in [0.5, 0.6) is 0 Å². The Labute approximate surface area is 147 Å². The van der Waals surface area contributed by atoms with Crippen molar-refractivity contribution in [1.82, 2.24) is 4.90 Å². The molecule has 2 aromatic carbocycles. The molecule has 1 saturated carbocycles. The summed E-state index contributed by atoms with van der Waals surface area (Å²) in [5.41, 5.74) is 4.31. The second kappa shape index (κ2) is 7.36. The zero-order valence-electron chi connectivity index (χ0n) is 15.2. The fourth-order valence-corrected chi connectivity index (χ4v) is 3.98. The molecular weight excluding hydrogens is 290 g/mol. The largest absolute Gasteiger partial charge is 0.300 e. The molecule has 3 rings (SSSR count). The molecule has 0 amide bonds. The molecule has 1 aliphatic rings. The van der Waals surface area contributed by atoms with Crippen LogP contribution in [0, 0.1) is 12.8 Å². The summed E-state index contributed by atoms with van der Waals surface area (Å²) >= 11 is 0. The van der Waals surface area contributed by atoms with Crippen molar-refractivity contribution in [3.05, 3.63) is 77.4 Å². The van der Waals surface area contributed by atoms with Gasteiger partial charge in [0.1, 0.15) is 0 Å². The quantitative estimate of drug-likeness (QED) is 0.703. The van der Waals surface area contributed by atoms with E-state index in [1.54, 1.807) is 0 Å². The molecular formula is C23H29N. The van der Waals surface area contributed by atoms with Gasteiger partial charge >= 0.3 is 0 Å². The fraction of sp³-hybridized carbons (Fsp3) is 0.391. The minimum Gasteiger partial charge on any atom is -0.300 e. The average Bonchev–Trinajstić information content (AvgIpc) is 2.62. The van der Waals surface area contributed by atoms with E-state index in [0.717, 1.165) is 0 Å². The summed E-state index contributed by atoms with van der Waals surface area (Å²) in [4.78, 5) is 2.43. The van der Waals surface area contributed by atoms with Crippen LogP contribution >= 0.6 is 0 Å². The molecule has 0 radical (unpaired) electrons. The summed E-state index contributed by atoms with van der Waals surface area (Å²) < 4.78 is 0. The highest BCUT2D eigenvalue weighted by Crippen LogP contribution is 2.43. The summed E-state index contributed by atoms with van der Waals surface area (Å²) in [6.45, 7) is 2.14. The van der Waals surface area contributed by atoms with Crippen LogP contribution in [0.25, 0.3) is 6.08 Å². The van der Waals surface area contributed by atoms with Crippen LogP contribution in [0.15, 0.2) is 60.7 Å². The van der Waals surface area contributed by atoms with Crippen LogP contribution in [0.3, 0.4) is 0 Å². The molecule has 1 heteroatoms. The topological polar surface area (TPSA) is 3.24 Å². The first-order valence-electron chi connectivity index (χ1n) is 9.08. The van der Waals surface area contributed by atoms with Crippen molar-refractivity contribution < 1.29 is 0 Å². The van der Waals surface area contributed by atoms with E-state index in [2.05, 4.69) is 92.7 Å². The normalized spacial score (nSPS) is 24.6. The number of benzene rings is 2. The van der Waals surface area contributed by atoms with Crippen molar-refractivity contribution in [2.24, 2.45) is 5.92 Å². The van der Waals surface area contributed by atoms with Gasteiger partial charge in [-0.05, 0) is 63.7 Å². The molecule has 1 aliphatic carbocycles. The molecule has 0 spiro atoms. The molecule has 0 unspecified atom stereocenters. The first-order valence-corrected chi connectivity index (χ1v) is 9.08. The molecule has 0 saturated heterocycles. The predicted molar refractivity (Wildman–Crippen MR) is 104 cm³/mol. The number of rotatable bonds is 4. The lowest BCUT2D eigenvalue weighted by molar-refractivity contribution is 0.0863. The van der Waals surface area contributed by atoms with Crippen LogP contribution < -0.4 is 0 Å². The lowest BCUT2D eigenvalue weighted by Crippen LogP contribution is -2.44. The van der Waals surface area contributed by atoms with Crippen molar-refractivity contribution in [2.45, 2.75) is 38.1 Å². The zero-order valence-corrected chi connectivity index (χ0v) is 15.2. The summed E-state index contributed by atoms with van der Waals surface area (Å²) in [5, 5.41) is 0. The first-order chi connectivity index (χ1) is 11.6. The molecule has 2 aromatic rings. The van der Waals surface area contributed by atoms with Gasteiger partial charge in [-0.15, -0.1) is 0 Å². The van der Waals surface area contributed by atoms with E-state index < -0.39 is 0 Å². The molecule has 0 aromatic heterocycles.